The molecule has 0 aliphatic carbocycles. The normalized spacial score (nSPS) is 22.1. The van der Waals surface area contributed by atoms with Crippen LogP contribution in [-0.4, -0.2) is 29.3 Å². The Morgan fingerprint density at radius 3 is 3.00 bits per heavy atom. The highest BCUT2D eigenvalue weighted by atomic mass is 16.5. The maximum atomic E-state index is 5.65. The zero-order chi connectivity index (χ0) is 14.5. The summed E-state index contributed by atoms with van der Waals surface area (Å²) in [5, 5.41) is 7.49. The third-order valence-electron chi connectivity index (χ3n) is 3.79. The highest BCUT2D eigenvalue weighted by molar-refractivity contribution is 5.20. The number of ether oxygens (including phenoxy) is 1. The Balaban J connectivity index is 1.51. The zero-order valence-electron chi connectivity index (χ0n) is 12.3. The second kappa shape index (κ2) is 6.72. The van der Waals surface area contributed by atoms with Crippen molar-refractivity contribution in [2.45, 2.75) is 38.1 Å². The maximum Gasteiger partial charge on any atom is 0.229 e. The average Bonchev–Trinajstić information content (AvgIpc) is 2.97. The molecule has 0 saturated carbocycles. The summed E-state index contributed by atoms with van der Waals surface area (Å²) in [5.74, 6) is 2.76. The van der Waals surface area contributed by atoms with Gasteiger partial charge in [-0.3, -0.25) is 0 Å². The molecule has 1 saturated heterocycles. The molecule has 2 aromatic rings. The van der Waals surface area contributed by atoms with Gasteiger partial charge in [-0.2, -0.15) is 4.98 Å². The molecule has 0 amide bonds. The molecule has 112 valence electrons. The van der Waals surface area contributed by atoms with Crippen LogP contribution in [-0.2, 0) is 6.42 Å². The minimum Gasteiger partial charge on any atom is -0.493 e. The summed E-state index contributed by atoms with van der Waals surface area (Å²) >= 11 is 0. The lowest BCUT2D eigenvalue weighted by Crippen LogP contribution is -2.34. The van der Waals surface area contributed by atoms with Crippen molar-refractivity contribution in [2.24, 2.45) is 0 Å². The van der Waals surface area contributed by atoms with Crippen LogP contribution in [0.2, 0.25) is 0 Å². The lowest BCUT2D eigenvalue weighted by Gasteiger charge is -2.25. The van der Waals surface area contributed by atoms with Crippen LogP contribution in [0.5, 0.6) is 5.75 Å². The fourth-order valence-electron chi connectivity index (χ4n) is 2.67. The fourth-order valence-corrected chi connectivity index (χ4v) is 2.67. The van der Waals surface area contributed by atoms with E-state index in [0.29, 0.717) is 25.0 Å². The van der Waals surface area contributed by atoms with E-state index in [1.165, 1.54) is 0 Å². The fraction of sp³-hybridized carbons (Fsp3) is 0.500. The Morgan fingerprint density at radius 2 is 2.19 bits per heavy atom. The molecule has 1 aromatic heterocycles. The summed E-state index contributed by atoms with van der Waals surface area (Å²) in [7, 11) is 0. The summed E-state index contributed by atoms with van der Waals surface area (Å²) in [6, 6.07) is 10.3. The van der Waals surface area contributed by atoms with E-state index < -0.39 is 0 Å². The number of aromatic nitrogens is 2. The van der Waals surface area contributed by atoms with E-state index in [4.69, 9.17) is 9.26 Å². The monoisotopic (exact) mass is 287 g/mol. The van der Waals surface area contributed by atoms with Gasteiger partial charge in [0.2, 0.25) is 5.89 Å². The maximum absolute atomic E-state index is 5.65. The highest BCUT2D eigenvalue weighted by Gasteiger charge is 2.24. The molecular formula is C16H21N3O2. The molecule has 1 aromatic carbocycles. The first-order chi connectivity index (χ1) is 10.3. The van der Waals surface area contributed by atoms with Crippen LogP contribution in [0.1, 0.15) is 37.4 Å². The van der Waals surface area contributed by atoms with Crippen molar-refractivity contribution in [3.63, 3.8) is 0 Å². The van der Waals surface area contributed by atoms with Crippen molar-refractivity contribution in [2.75, 3.05) is 13.2 Å². The third kappa shape index (κ3) is 3.82. The first kappa shape index (κ1) is 14.1. The van der Waals surface area contributed by atoms with Crippen molar-refractivity contribution in [1.29, 1.82) is 0 Å². The molecule has 1 N–H and O–H groups in total. The van der Waals surface area contributed by atoms with Crippen LogP contribution in [0.3, 0.4) is 0 Å². The number of para-hydroxylation sites is 1. The molecule has 0 bridgehead atoms. The number of piperidine rings is 1. The van der Waals surface area contributed by atoms with Crippen molar-refractivity contribution in [3.05, 3.63) is 42.0 Å². The predicted molar refractivity (Wildman–Crippen MR) is 79.4 cm³/mol. The van der Waals surface area contributed by atoms with Gasteiger partial charge in [0.1, 0.15) is 5.75 Å². The largest absolute Gasteiger partial charge is 0.493 e. The first-order valence-corrected chi connectivity index (χ1v) is 7.55. The van der Waals surface area contributed by atoms with E-state index in [0.717, 1.165) is 36.9 Å². The molecule has 21 heavy (non-hydrogen) atoms. The Kier molecular flexibility index (Phi) is 4.50. The zero-order valence-corrected chi connectivity index (χ0v) is 12.3. The van der Waals surface area contributed by atoms with Gasteiger partial charge in [0.05, 0.1) is 6.61 Å². The Hall–Kier alpha value is -1.88. The van der Waals surface area contributed by atoms with Crippen molar-refractivity contribution in [3.8, 4) is 5.75 Å². The van der Waals surface area contributed by atoms with Crippen molar-refractivity contribution in [1.82, 2.24) is 15.5 Å². The van der Waals surface area contributed by atoms with E-state index >= 15 is 0 Å². The molecule has 1 fully saturated rings. The lowest BCUT2D eigenvalue weighted by molar-refractivity contribution is 0.291. The van der Waals surface area contributed by atoms with Gasteiger partial charge in [-0.05, 0) is 38.4 Å². The topological polar surface area (TPSA) is 60.2 Å². The summed E-state index contributed by atoms with van der Waals surface area (Å²) in [6.45, 7) is 3.77. The van der Waals surface area contributed by atoms with Gasteiger partial charge in [0.15, 0.2) is 5.82 Å². The molecule has 3 rings (SSSR count). The quantitative estimate of drug-likeness (QED) is 0.915. The summed E-state index contributed by atoms with van der Waals surface area (Å²) in [4.78, 5) is 4.51. The number of rotatable bonds is 5. The second-order valence-corrected chi connectivity index (χ2v) is 5.54. The first-order valence-electron chi connectivity index (χ1n) is 7.55. The van der Waals surface area contributed by atoms with E-state index in [9.17, 15) is 0 Å². The molecule has 5 heteroatoms. The summed E-state index contributed by atoms with van der Waals surface area (Å²) < 4.78 is 11.1. The molecular weight excluding hydrogens is 266 g/mol. The van der Waals surface area contributed by atoms with Gasteiger partial charge >= 0.3 is 0 Å². The Bertz CT molecular complexity index is 556. The van der Waals surface area contributed by atoms with Crippen LogP contribution in [0.25, 0.3) is 0 Å². The van der Waals surface area contributed by atoms with Crippen LogP contribution in [0.4, 0.5) is 0 Å². The third-order valence-corrected chi connectivity index (χ3v) is 3.79. The molecule has 5 nitrogen and oxygen atoms in total. The van der Waals surface area contributed by atoms with Gasteiger partial charge in [0, 0.05) is 18.4 Å². The standard InChI is InChI=1S/C16H21N3O2/c1-12-11-13(7-9-17-12)16-18-15(19-21-16)8-10-20-14-5-3-2-4-6-14/h2-6,12-13,17H,7-11H2,1H3. The molecule has 2 unspecified atom stereocenters. The molecule has 0 radical (unpaired) electrons. The Morgan fingerprint density at radius 1 is 1.33 bits per heavy atom. The molecule has 1 aliphatic heterocycles. The molecule has 1 aliphatic rings. The van der Waals surface area contributed by atoms with Crippen molar-refractivity contribution < 1.29 is 9.26 Å². The van der Waals surface area contributed by atoms with Crippen LogP contribution >= 0.6 is 0 Å². The second-order valence-electron chi connectivity index (χ2n) is 5.54. The van der Waals surface area contributed by atoms with Gasteiger partial charge in [0.25, 0.3) is 0 Å². The highest BCUT2D eigenvalue weighted by Crippen LogP contribution is 2.26. The number of hydrogen-bond donors (Lipinski definition) is 1. The minimum absolute atomic E-state index is 0.387. The minimum atomic E-state index is 0.387. The molecule has 2 heterocycles. The van der Waals surface area contributed by atoms with Crippen molar-refractivity contribution >= 4 is 0 Å². The number of benzene rings is 1. The molecule has 2 atom stereocenters. The number of nitrogens with one attached hydrogen (secondary N) is 1. The number of hydrogen-bond acceptors (Lipinski definition) is 5. The van der Waals surface area contributed by atoms with E-state index in [2.05, 4.69) is 22.4 Å². The lowest BCUT2D eigenvalue weighted by atomic mass is 9.93. The van der Waals surface area contributed by atoms with Gasteiger partial charge in [-0.1, -0.05) is 23.4 Å². The molecule has 0 spiro atoms. The summed E-state index contributed by atoms with van der Waals surface area (Å²) in [6.07, 6.45) is 2.79. The van der Waals surface area contributed by atoms with Gasteiger partial charge in [-0.25, -0.2) is 0 Å². The van der Waals surface area contributed by atoms with E-state index in [-0.39, 0.29) is 0 Å². The predicted octanol–water partition coefficient (Wildman–Crippen LogP) is 2.55. The van der Waals surface area contributed by atoms with Gasteiger partial charge in [-0.15, -0.1) is 0 Å². The summed E-state index contributed by atoms with van der Waals surface area (Å²) in [5.41, 5.74) is 0. The van der Waals surface area contributed by atoms with E-state index in [1.54, 1.807) is 0 Å². The number of nitrogens with zero attached hydrogens (tertiary/aromatic N) is 2. The van der Waals surface area contributed by atoms with Crippen LogP contribution < -0.4 is 10.1 Å². The average molecular weight is 287 g/mol. The van der Waals surface area contributed by atoms with Gasteiger partial charge < -0.3 is 14.6 Å². The smallest absolute Gasteiger partial charge is 0.229 e. The van der Waals surface area contributed by atoms with Crippen LogP contribution in [0, 0.1) is 0 Å². The SMILES string of the molecule is CC1CC(c2nc(CCOc3ccccc3)no2)CCN1. The van der Waals surface area contributed by atoms with Crippen LogP contribution in [0.15, 0.2) is 34.9 Å². The Labute approximate surface area is 124 Å². The van der Waals surface area contributed by atoms with E-state index in [1.807, 2.05) is 30.3 Å².